The topological polar surface area (TPSA) is 26.0 Å². The zero-order valence-corrected chi connectivity index (χ0v) is 13.3. The highest BCUT2D eigenvalue weighted by atomic mass is 127. The molecule has 0 aliphatic heterocycles. The fraction of sp³-hybridized carbons (Fsp3) is 0.143. The van der Waals surface area contributed by atoms with Crippen LogP contribution in [0.2, 0.25) is 0 Å². The number of hydrogen-bond acceptors (Lipinski definition) is 1. The molecule has 0 fully saturated rings. The average Bonchev–Trinajstić information content (AvgIpc) is 2.33. The summed E-state index contributed by atoms with van der Waals surface area (Å²) in [6.45, 7) is 0. The van der Waals surface area contributed by atoms with Gasteiger partial charge in [0, 0.05) is 14.1 Å². The van der Waals surface area contributed by atoms with E-state index in [1.165, 1.54) is 6.07 Å². The van der Waals surface area contributed by atoms with Crippen LogP contribution in [0.4, 0.5) is 4.39 Å². The van der Waals surface area contributed by atoms with Crippen molar-refractivity contribution in [1.82, 2.24) is 0 Å². The van der Waals surface area contributed by atoms with Gasteiger partial charge in [0.1, 0.15) is 5.82 Å². The highest BCUT2D eigenvalue weighted by Crippen LogP contribution is 2.23. The van der Waals surface area contributed by atoms with Crippen molar-refractivity contribution in [3.63, 3.8) is 0 Å². The molecule has 2 N–H and O–H groups in total. The maximum Gasteiger partial charge on any atom is 0.127 e. The van der Waals surface area contributed by atoms with Crippen LogP contribution in [-0.2, 0) is 6.42 Å². The minimum Gasteiger partial charge on any atom is -0.324 e. The zero-order valence-electron chi connectivity index (χ0n) is 9.54. The fourth-order valence-electron chi connectivity index (χ4n) is 1.81. The van der Waals surface area contributed by atoms with E-state index in [2.05, 4.69) is 38.5 Å². The first kappa shape index (κ1) is 14.0. The maximum atomic E-state index is 13.7. The summed E-state index contributed by atoms with van der Waals surface area (Å²) in [6.07, 6.45) is 0.499. The molecule has 94 valence electrons. The number of nitrogens with two attached hydrogens (primary N) is 1. The highest BCUT2D eigenvalue weighted by molar-refractivity contribution is 14.1. The molecule has 2 rings (SSSR count). The molecular weight excluding hydrogens is 408 g/mol. The van der Waals surface area contributed by atoms with E-state index in [9.17, 15) is 4.39 Å². The molecular formula is C14H12BrFIN. The molecule has 0 spiro atoms. The molecule has 4 heteroatoms. The van der Waals surface area contributed by atoms with Crippen molar-refractivity contribution >= 4 is 38.5 Å². The van der Waals surface area contributed by atoms with E-state index >= 15 is 0 Å². The lowest BCUT2D eigenvalue weighted by Gasteiger charge is -2.14. The van der Waals surface area contributed by atoms with Gasteiger partial charge >= 0.3 is 0 Å². The lowest BCUT2D eigenvalue weighted by Crippen LogP contribution is -2.15. The first-order chi connectivity index (χ1) is 8.58. The molecule has 1 nitrogen and oxygen atoms in total. The van der Waals surface area contributed by atoms with Gasteiger partial charge in [0.05, 0.1) is 0 Å². The Morgan fingerprint density at radius 3 is 2.61 bits per heavy atom. The number of hydrogen-bond donors (Lipinski definition) is 1. The van der Waals surface area contributed by atoms with Gasteiger partial charge < -0.3 is 5.73 Å². The van der Waals surface area contributed by atoms with Gasteiger partial charge in [-0.2, -0.15) is 0 Å². The van der Waals surface area contributed by atoms with Gasteiger partial charge in [0.2, 0.25) is 0 Å². The second kappa shape index (κ2) is 6.12. The third kappa shape index (κ3) is 3.30. The predicted octanol–water partition coefficient (Wildman–Crippen LogP) is 4.44. The summed E-state index contributed by atoms with van der Waals surface area (Å²) < 4.78 is 15.6. The molecule has 0 saturated heterocycles. The zero-order chi connectivity index (χ0) is 13.1. The van der Waals surface area contributed by atoms with Crippen molar-refractivity contribution in [3.05, 3.63) is 67.5 Å². The van der Waals surface area contributed by atoms with Crippen molar-refractivity contribution < 1.29 is 4.39 Å². The van der Waals surface area contributed by atoms with Crippen LogP contribution in [0.3, 0.4) is 0 Å². The number of benzene rings is 2. The first-order valence-electron chi connectivity index (χ1n) is 5.52. The number of rotatable bonds is 3. The normalized spacial score (nSPS) is 12.4. The van der Waals surface area contributed by atoms with E-state index in [1.54, 1.807) is 6.07 Å². The SMILES string of the molecule is NC(Cc1ccc(Br)cc1F)c1ccccc1I. The van der Waals surface area contributed by atoms with E-state index in [4.69, 9.17) is 5.73 Å². The first-order valence-corrected chi connectivity index (χ1v) is 7.39. The molecule has 0 amide bonds. The van der Waals surface area contributed by atoms with Gasteiger partial charge in [0.15, 0.2) is 0 Å². The Morgan fingerprint density at radius 1 is 1.22 bits per heavy atom. The van der Waals surface area contributed by atoms with Crippen LogP contribution in [0.5, 0.6) is 0 Å². The lowest BCUT2D eigenvalue weighted by atomic mass is 9.99. The van der Waals surface area contributed by atoms with Crippen LogP contribution < -0.4 is 5.73 Å². The Bertz CT molecular complexity index is 559. The van der Waals surface area contributed by atoms with E-state index < -0.39 is 0 Å². The molecule has 2 aromatic carbocycles. The summed E-state index contributed by atoms with van der Waals surface area (Å²) in [5.74, 6) is -0.217. The van der Waals surface area contributed by atoms with Gasteiger partial charge in [-0.15, -0.1) is 0 Å². The second-order valence-electron chi connectivity index (χ2n) is 4.07. The predicted molar refractivity (Wildman–Crippen MR) is 83.9 cm³/mol. The third-order valence-electron chi connectivity index (χ3n) is 2.76. The fourth-order valence-corrected chi connectivity index (χ4v) is 2.93. The van der Waals surface area contributed by atoms with Crippen molar-refractivity contribution in [2.45, 2.75) is 12.5 Å². The summed E-state index contributed by atoms with van der Waals surface area (Å²) in [5.41, 5.74) is 7.85. The van der Waals surface area contributed by atoms with Crippen LogP contribution in [0.15, 0.2) is 46.9 Å². The minimum atomic E-state index is -0.217. The molecule has 0 aromatic heterocycles. The Hall–Kier alpha value is -0.460. The van der Waals surface area contributed by atoms with Gasteiger partial charge in [0.25, 0.3) is 0 Å². The van der Waals surface area contributed by atoms with Gasteiger partial charge in [-0.1, -0.05) is 40.2 Å². The number of halogens is 3. The standard InChI is InChI=1S/C14H12BrFIN/c15-10-6-5-9(12(16)8-10)7-14(18)11-3-1-2-4-13(11)17/h1-6,8,14H,7,18H2. The summed E-state index contributed by atoms with van der Waals surface area (Å²) in [6, 6.07) is 12.8. The van der Waals surface area contributed by atoms with Crippen molar-refractivity contribution in [2.75, 3.05) is 0 Å². The summed E-state index contributed by atoms with van der Waals surface area (Å²) >= 11 is 5.50. The molecule has 1 atom stereocenters. The molecule has 0 heterocycles. The second-order valence-corrected chi connectivity index (χ2v) is 6.15. The van der Waals surface area contributed by atoms with Gasteiger partial charge in [-0.05, 0) is 58.3 Å². The Labute approximate surface area is 128 Å². The Kier molecular flexibility index (Phi) is 4.75. The summed E-state index contributed by atoms with van der Waals surface area (Å²) in [4.78, 5) is 0. The van der Waals surface area contributed by atoms with Crippen LogP contribution >= 0.6 is 38.5 Å². The van der Waals surface area contributed by atoms with E-state index in [0.717, 1.165) is 13.6 Å². The minimum absolute atomic E-state index is 0.186. The third-order valence-corrected chi connectivity index (χ3v) is 4.24. The molecule has 1 unspecified atom stereocenters. The molecule has 0 bridgehead atoms. The van der Waals surface area contributed by atoms with E-state index in [-0.39, 0.29) is 11.9 Å². The largest absolute Gasteiger partial charge is 0.324 e. The smallest absolute Gasteiger partial charge is 0.127 e. The van der Waals surface area contributed by atoms with Gasteiger partial charge in [-0.25, -0.2) is 4.39 Å². The van der Waals surface area contributed by atoms with Crippen molar-refractivity contribution in [2.24, 2.45) is 5.73 Å². The monoisotopic (exact) mass is 419 g/mol. The molecule has 0 aliphatic carbocycles. The lowest BCUT2D eigenvalue weighted by molar-refractivity contribution is 0.592. The summed E-state index contributed by atoms with van der Waals surface area (Å²) in [7, 11) is 0. The maximum absolute atomic E-state index is 13.7. The average molecular weight is 420 g/mol. The Balaban J connectivity index is 2.21. The van der Waals surface area contributed by atoms with Crippen LogP contribution in [0, 0.1) is 9.39 Å². The van der Waals surface area contributed by atoms with E-state index in [1.807, 2.05) is 30.3 Å². The Morgan fingerprint density at radius 2 is 1.94 bits per heavy atom. The van der Waals surface area contributed by atoms with Crippen LogP contribution in [0.1, 0.15) is 17.2 Å². The highest BCUT2D eigenvalue weighted by Gasteiger charge is 2.12. The van der Waals surface area contributed by atoms with Crippen molar-refractivity contribution in [1.29, 1.82) is 0 Å². The molecule has 2 aromatic rings. The van der Waals surface area contributed by atoms with E-state index in [0.29, 0.717) is 12.0 Å². The quantitative estimate of drug-likeness (QED) is 0.731. The van der Waals surface area contributed by atoms with Crippen LogP contribution in [-0.4, -0.2) is 0 Å². The molecule has 18 heavy (non-hydrogen) atoms. The molecule has 0 aliphatic rings. The van der Waals surface area contributed by atoms with Crippen molar-refractivity contribution in [3.8, 4) is 0 Å². The van der Waals surface area contributed by atoms with Crippen LogP contribution in [0.25, 0.3) is 0 Å². The molecule has 0 radical (unpaired) electrons. The molecule has 0 saturated carbocycles. The summed E-state index contributed by atoms with van der Waals surface area (Å²) in [5, 5.41) is 0. The van der Waals surface area contributed by atoms with Gasteiger partial charge in [-0.3, -0.25) is 0 Å².